The summed E-state index contributed by atoms with van der Waals surface area (Å²) in [5.41, 5.74) is 2.63. The third kappa shape index (κ3) is 2.14. The van der Waals surface area contributed by atoms with Gasteiger partial charge < -0.3 is 5.11 Å². The number of aliphatic hydroxyl groups is 1. The summed E-state index contributed by atoms with van der Waals surface area (Å²) in [7, 11) is 0. The largest absolute Gasteiger partial charge is 0.392 e. The van der Waals surface area contributed by atoms with Crippen molar-refractivity contribution in [3.05, 3.63) is 11.1 Å². The van der Waals surface area contributed by atoms with Crippen molar-refractivity contribution in [2.24, 2.45) is 35.0 Å². The SMILES string of the molecule is C[C@]12CC[C@H]3[C@@H](CC(CO)=C4CC(=O)CC[C@@H]43)[C@@H]1CC[C@@H]2C#N. The van der Waals surface area contributed by atoms with Gasteiger partial charge in [0, 0.05) is 12.8 Å². The molecule has 0 unspecified atom stereocenters. The Morgan fingerprint density at radius 1 is 1.26 bits per heavy atom. The quantitative estimate of drug-likeness (QED) is 0.752. The van der Waals surface area contributed by atoms with Crippen LogP contribution in [0.1, 0.15) is 58.3 Å². The van der Waals surface area contributed by atoms with Crippen molar-refractivity contribution in [1.29, 1.82) is 5.26 Å². The number of nitrogens with zero attached hydrogens (tertiary/aromatic N) is 1. The van der Waals surface area contributed by atoms with Crippen LogP contribution < -0.4 is 0 Å². The molecule has 0 saturated heterocycles. The molecular formula is C20H27NO2. The standard InChI is InChI=1S/C20H27NO2/c1-20-7-6-16-15-4-3-14(23)9-17(15)12(11-22)8-18(16)19(20)5-2-13(20)10-21/h13,15-16,18-19,22H,2-9,11H2,1H3/t13-,15-,16-,18-,19+,20-/m1/s1. The van der Waals surface area contributed by atoms with Crippen LogP contribution in [-0.2, 0) is 4.79 Å². The molecule has 4 aliphatic carbocycles. The smallest absolute Gasteiger partial charge is 0.136 e. The molecule has 124 valence electrons. The minimum atomic E-state index is 0.118. The van der Waals surface area contributed by atoms with Crippen LogP contribution in [0.15, 0.2) is 11.1 Å². The number of rotatable bonds is 1. The Morgan fingerprint density at radius 2 is 2.09 bits per heavy atom. The summed E-state index contributed by atoms with van der Waals surface area (Å²) < 4.78 is 0. The number of nitriles is 1. The third-order valence-electron chi connectivity index (χ3n) is 7.86. The zero-order valence-electron chi connectivity index (χ0n) is 14.1. The Bertz CT molecular complexity index is 601. The Morgan fingerprint density at radius 3 is 2.83 bits per heavy atom. The van der Waals surface area contributed by atoms with Crippen molar-refractivity contribution in [2.45, 2.75) is 58.3 Å². The van der Waals surface area contributed by atoms with Crippen molar-refractivity contribution in [3.8, 4) is 6.07 Å². The lowest BCUT2D eigenvalue weighted by molar-refractivity contribution is -0.120. The molecule has 0 aromatic heterocycles. The Kier molecular flexibility index (Phi) is 3.65. The normalized spacial score (nSPS) is 46.0. The van der Waals surface area contributed by atoms with Crippen molar-refractivity contribution in [1.82, 2.24) is 0 Å². The zero-order valence-corrected chi connectivity index (χ0v) is 14.1. The third-order valence-corrected chi connectivity index (χ3v) is 7.86. The van der Waals surface area contributed by atoms with Gasteiger partial charge in [0.2, 0.25) is 0 Å². The van der Waals surface area contributed by atoms with Gasteiger partial charge in [-0.1, -0.05) is 12.5 Å². The first kappa shape index (κ1) is 15.4. The second-order valence-electron chi connectivity index (χ2n) is 8.59. The number of hydrogen-bond donors (Lipinski definition) is 1. The molecule has 0 radical (unpaired) electrons. The van der Waals surface area contributed by atoms with Gasteiger partial charge >= 0.3 is 0 Å². The van der Waals surface area contributed by atoms with Crippen LogP contribution >= 0.6 is 0 Å². The molecule has 0 aromatic rings. The van der Waals surface area contributed by atoms with Gasteiger partial charge in [-0.25, -0.2) is 0 Å². The fourth-order valence-electron chi connectivity index (χ4n) is 6.69. The van der Waals surface area contributed by atoms with Crippen LogP contribution in [0, 0.1) is 46.3 Å². The van der Waals surface area contributed by atoms with E-state index in [1.54, 1.807) is 0 Å². The molecule has 3 fully saturated rings. The maximum atomic E-state index is 11.9. The molecule has 4 aliphatic rings. The lowest BCUT2D eigenvalue weighted by atomic mass is 9.51. The number of Topliss-reactive ketones (excluding diaryl/α,β-unsaturated/α-hetero) is 1. The van der Waals surface area contributed by atoms with Crippen LogP contribution in [0.4, 0.5) is 0 Å². The van der Waals surface area contributed by atoms with E-state index in [2.05, 4.69) is 13.0 Å². The molecule has 0 aromatic carbocycles. The van der Waals surface area contributed by atoms with Gasteiger partial charge in [-0.2, -0.15) is 5.26 Å². The molecule has 0 amide bonds. The summed E-state index contributed by atoms with van der Waals surface area (Å²) >= 11 is 0. The van der Waals surface area contributed by atoms with Crippen molar-refractivity contribution < 1.29 is 9.90 Å². The van der Waals surface area contributed by atoms with E-state index < -0.39 is 0 Å². The minimum absolute atomic E-state index is 0.118. The van der Waals surface area contributed by atoms with Gasteiger partial charge in [0.1, 0.15) is 5.78 Å². The highest BCUT2D eigenvalue weighted by Gasteiger charge is 2.56. The maximum absolute atomic E-state index is 11.9. The number of aliphatic hydroxyl groups excluding tert-OH is 1. The molecule has 3 nitrogen and oxygen atoms in total. The van der Waals surface area contributed by atoms with E-state index in [-0.39, 0.29) is 17.9 Å². The highest BCUT2D eigenvalue weighted by Crippen LogP contribution is 2.63. The first-order chi connectivity index (χ1) is 11.1. The van der Waals surface area contributed by atoms with Gasteiger partial charge in [0.05, 0.1) is 18.6 Å². The number of fused-ring (bicyclic) bond motifs is 5. The molecule has 0 bridgehead atoms. The average Bonchev–Trinajstić information content (AvgIpc) is 2.90. The van der Waals surface area contributed by atoms with Gasteiger partial charge in [-0.15, -0.1) is 0 Å². The fourth-order valence-corrected chi connectivity index (χ4v) is 6.69. The Labute approximate surface area is 138 Å². The average molecular weight is 313 g/mol. The molecule has 3 saturated carbocycles. The van der Waals surface area contributed by atoms with E-state index in [0.29, 0.717) is 35.9 Å². The zero-order chi connectivity index (χ0) is 16.2. The van der Waals surface area contributed by atoms with Gasteiger partial charge in [-0.3, -0.25) is 4.79 Å². The van der Waals surface area contributed by atoms with Crippen molar-refractivity contribution in [3.63, 3.8) is 0 Å². The number of allylic oxidation sites excluding steroid dienone is 1. The van der Waals surface area contributed by atoms with E-state index in [4.69, 9.17) is 0 Å². The lowest BCUT2D eigenvalue weighted by Gasteiger charge is -2.53. The number of carbonyl (C=O) groups excluding carboxylic acids is 1. The molecule has 4 rings (SSSR count). The molecule has 1 N–H and O–H groups in total. The van der Waals surface area contributed by atoms with E-state index in [1.165, 1.54) is 24.8 Å². The Balaban J connectivity index is 1.69. The fraction of sp³-hybridized carbons (Fsp3) is 0.800. The molecule has 0 heterocycles. The van der Waals surface area contributed by atoms with Crippen LogP contribution in [0.25, 0.3) is 0 Å². The van der Waals surface area contributed by atoms with Crippen LogP contribution in [-0.4, -0.2) is 17.5 Å². The van der Waals surface area contributed by atoms with Crippen molar-refractivity contribution in [2.75, 3.05) is 6.61 Å². The first-order valence-electron chi connectivity index (χ1n) is 9.31. The van der Waals surface area contributed by atoms with Gasteiger partial charge in [0.15, 0.2) is 0 Å². The van der Waals surface area contributed by atoms with E-state index >= 15 is 0 Å². The topological polar surface area (TPSA) is 61.1 Å². The molecule has 3 heteroatoms. The van der Waals surface area contributed by atoms with E-state index in [1.807, 2.05) is 0 Å². The van der Waals surface area contributed by atoms with Crippen molar-refractivity contribution >= 4 is 5.78 Å². The van der Waals surface area contributed by atoms with Crippen LogP contribution in [0.2, 0.25) is 0 Å². The first-order valence-corrected chi connectivity index (χ1v) is 9.31. The number of hydrogen-bond acceptors (Lipinski definition) is 3. The summed E-state index contributed by atoms with van der Waals surface area (Å²) in [4.78, 5) is 11.9. The molecule has 6 atom stereocenters. The second-order valence-corrected chi connectivity index (χ2v) is 8.59. The monoisotopic (exact) mass is 313 g/mol. The second kappa shape index (κ2) is 5.45. The highest BCUT2D eigenvalue weighted by atomic mass is 16.3. The highest BCUT2D eigenvalue weighted by molar-refractivity contribution is 5.82. The summed E-state index contributed by atoms with van der Waals surface area (Å²) in [6.07, 6.45) is 7.87. The van der Waals surface area contributed by atoms with Crippen LogP contribution in [0.3, 0.4) is 0 Å². The number of carbonyl (C=O) groups is 1. The summed E-state index contributed by atoms with van der Waals surface area (Å²) in [6, 6.07) is 2.58. The van der Waals surface area contributed by atoms with Gasteiger partial charge in [-0.05, 0) is 73.2 Å². The predicted molar refractivity (Wildman–Crippen MR) is 87.2 cm³/mol. The minimum Gasteiger partial charge on any atom is -0.392 e. The van der Waals surface area contributed by atoms with E-state index in [0.717, 1.165) is 31.3 Å². The molecule has 23 heavy (non-hydrogen) atoms. The Hall–Kier alpha value is -1.14. The molecule has 0 spiro atoms. The summed E-state index contributed by atoms with van der Waals surface area (Å²) in [5.74, 6) is 3.03. The lowest BCUT2D eigenvalue weighted by Crippen LogP contribution is -2.47. The molecular weight excluding hydrogens is 286 g/mol. The van der Waals surface area contributed by atoms with Crippen LogP contribution in [0.5, 0.6) is 0 Å². The molecule has 0 aliphatic heterocycles. The number of ketones is 1. The van der Waals surface area contributed by atoms with E-state index in [9.17, 15) is 15.2 Å². The summed E-state index contributed by atoms with van der Waals surface area (Å²) in [5, 5.41) is 19.4. The maximum Gasteiger partial charge on any atom is 0.136 e. The van der Waals surface area contributed by atoms with Gasteiger partial charge in [0.25, 0.3) is 0 Å². The predicted octanol–water partition coefficient (Wildman–Crippen LogP) is 3.63. The summed E-state index contributed by atoms with van der Waals surface area (Å²) in [6.45, 7) is 2.46.